The van der Waals surface area contributed by atoms with Gasteiger partial charge >= 0.3 is 0 Å². The second kappa shape index (κ2) is 7.14. The Kier molecular flexibility index (Phi) is 5.83. The molecule has 0 bridgehead atoms. The number of aliphatic hydroxyl groups excluding tert-OH is 1. The molecule has 0 spiro atoms. The number of ether oxygens (including phenoxy) is 1. The lowest BCUT2D eigenvalue weighted by molar-refractivity contribution is -0.123. The van der Waals surface area contributed by atoms with E-state index in [2.05, 4.69) is 5.32 Å². The van der Waals surface area contributed by atoms with E-state index in [1.807, 2.05) is 38.1 Å². The number of hydrogen-bond donors (Lipinski definition) is 2. The third-order valence-corrected chi connectivity index (χ3v) is 3.58. The molecule has 0 atom stereocenters. The molecule has 0 saturated heterocycles. The Balaban J connectivity index is 2.63. The van der Waals surface area contributed by atoms with E-state index in [4.69, 9.17) is 4.74 Å². The first-order valence-corrected chi connectivity index (χ1v) is 6.64. The molecule has 0 aliphatic heterocycles. The lowest BCUT2D eigenvalue weighted by Crippen LogP contribution is -2.51. The first kappa shape index (κ1) is 15.5. The predicted molar refractivity (Wildman–Crippen MR) is 75.2 cm³/mol. The molecular formula is C15H23NO3. The number of amides is 1. The molecule has 4 nitrogen and oxygen atoms in total. The van der Waals surface area contributed by atoms with Crippen LogP contribution >= 0.6 is 0 Å². The molecule has 0 unspecified atom stereocenters. The Labute approximate surface area is 114 Å². The highest BCUT2D eigenvalue weighted by atomic mass is 16.5. The molecule has 4 heteroatoms. The van der Waals surface area contributed by atoms with Crippen molar-refractivity contribution in [2.45, 2.75) is 38.6 Å². The molecule has 2 N–H and O–H groups in total. The molecule has 1 rings (SSSR count). The third-order valence-electron chi connectivity index (χ3n) is 3.58. The molecule has 1 amide bonds. The summed E-state index contributed by atoms with van der Waals surface area (Å²) in [7, 11) is 1.61. The molecule has 0 saturated carbocycles. The van der Waals surface area contributed by atoms with Crippen LogP contribution in [0, 0.1) is 0 Å². The lowest BCUT2D eigenvalue weighted by Gasteiger charge is -2.30. The fourth-order valence-electron chi connectivity index (χ4n) is 1.96. The summed E-state index contributed by atoms with van der Waals surface area (Å²) in [5.74, 6) is 0.707. The van der Waals surface area contributed by atoms with Crippen LogP contribution in [-0.4, -0.2) is 30.3 Å². The molecular weight excluding hydrogens is 242 g/mol. The second-order valence-corrected chi connectivity index (χ2v) is 4.72. The molecule has 19 heavy (non-hydrogen) atoms. The average Bonchev–Trinajstić information content (AvgIpc) is 2.46. The molecule has 106 valence electrons. The van der Waals surface area contributed by atoms with Crippen LogP contribution in [0.5, 0.6) is 5.75 Å². The maximum atomic E-state index is 12.0. The Morgan fingerprint density at radius 1 is 1.26 bits per heavy atom. The summed E-state index contributed by atoms with van der Waals surface area (Å²) in [4.78, 5) is 12.0. The normalized spacial score (nSPS) is 11.2. The van der Waals surface area contributed by atoms with E-state index < -0.39 is 5.54 Å². The third kappa shape index (κ3) is 4.24. The van der Waals surface area contributed by atoms with E-state index in [0.717, 1.165) is 11.3 Å². The summed E-state index contributed by atoms with van der Waals surface area (Å²) >= 11 is 0. The zero-order valence-corrected chi connectivity index (χ0v) is 11.9. The van der Waals surface area contributed by atoms with Crippen LogP contribution < -0.4 is 10.1 Å². The highest BCUT2D eigenvalue weighted by molar-refractivity contribution is 5.79. The van der Waals surface area contributed by atoms with Crippen molar-refractivity contribution in [1.29, 1.82) is 0 Å². The molecule has 1 aromatic carbocycles. The van der Waals surface area contributed by atoms with Crippen LogP contribution in [0.25, 0.3) is 0 Å². The Bertz CT molecular complexity index is 388. The second-order valence-electron chi connectivity index (χ2n) is 4.72. The van der Waals surface area contributed by atoms with Gasteiger partial charge in [0.05, 0.1) is 25.7 Å². The Hall–Kier alpha value is -1.55. The minimum absolute atomic E-state index is 0.0334. The van der Waals surface area contributed by atoms with E-state index in [1.165, 1.54) is 0 Å². The maximum absolute atomic E-state index is 12.0. The number of methoxy groups -OCH3 is 1. The van der Waals surface area contributed by atoms with Crippen molar-refractivity contribution < 1.29 is 14.6 Å². The molecule has 0 radical (unpaired) electrons. The van der Waals surface area contributed by atoms with E-state index >= 15 is 0 Å². The van der Waals surface area contributed by atoms with Gasteiger partial charge in [-0.3, -0.25) is 4.79 Å². The number of hydrogen-bond acceptors (Lipinski definition) is 3. The van der Waals surface area contributed by atoms with Crippen LogP contribution in [0.4, 0.5) is 0 Å². The van der Waals surface area contributed by atoms with Gasteiger partial charge in [-0.05, 0) is 30.5 Å². The topological polar surface area (TPSA) is 58.6 Å². The van der Waals surface area contributed by atoms with Crippen LogP contribution in [0.2, 0.25) is 0 Å². The van der Waals surface area contributed by atoms with Crippen LogP contribution in [-0.2, 0) is 11.2 Å². The molecule has 1 aromatic rings. The van der Waals surface area contributed by atoms with E-state index in [-0.39, 0.29) is 12.5 Å². The van der Waals surface area contributed by atoms with Crippen molar-refractivity contribution >= 4 is 5.91 Å². The summed E-state index contributed by atoms with van der Waals surface area (Å²) < 4.78 is 5.07. The van der Waals surface area contributed by atoms with Crippen molar-refractivity contribution in [3.63, 3.8) is 0 Å². The molecule has 0 aliphatic carbocycles. The van der Waals surface area contributed by atoms with Gasteiger partial charge in [0.25, 0.3) is 0 Å². The van der Waals surface area contributed by atoms with Crippen molar-refractivity contribution in [3.05, 3.63) is 29.8 Å². The molecule has 0 heterocycles. The van der Waals surface area contributed by atoms with Crippen LogP contribution in [0.3, 0.4) is 0 Å². The van der Waals surface area contributed by atoms with Crippen molar-refractivity contribution in [2.24, 2.45) is 0 Å². The smallest absolute Gasteiger partial charge is 0.224 e. The number of carbonyl (C=O) groups excluding carboxylic acids is 1. The number of rotatable bonds is 7. The van der Waals surface area contributed by atoms with Gasteiger partial charge in [0.15, 0.2) is 0 Å². The van der Waals surface area contributed by atoms with Crippen LogP contribution in [0.15, 0.2) is 24.3 Å². The van der Waals surface area contributed by atoms with Gasteiger partial charge in [-0.25, -0.2) is 0 Å². The highest BCUT2D eigenvalue weighted by Gasteiger charge is 2.26. The minimum Gasteiger partial charge on any atom is -0.497 e. The first-order valence-electron chi connectivity index (χ1n) is 6.64. The Morgan fingerprint density at radius 3 is 2.26 bits per heavy atom. The van der Waals surface area contributed by atoms with Gasteiger partial charge in [-0.2, -0.15) is 0 Å². The predicted octanol–water partition coefficient (Wildman–Crippen LogP) is 1.90. The largest absolute Gasteiger partial charge is 0.497 e. The standard InChI is InChI=1S/C15H23NO3/c1-4-15(5-2,11-17)16-14(18)10-12-6-8-13(19-3)9-7-12/h6-9,17H,4-5,10-11H2,1-3H3,(H,16,18). The maximum Gasteiger partial charge on any atom is 0.224 e. The summed E-state index contributed by atoms with van der Waals surface area (Å²) in [5.41, 5.74) is 0.432. The average molecular weight is 265 g/mol. The fourth-order valence-corrected chi connectivity index (χ4v) is 1.96. The van der Waals surface area contributed by atoms with E-state index in [0.29, 0.717) is 19.3 Å². The van der Waals surface area contributed by atoms with Crippen molar-refractivity contribution in [2.75, 3.05) is 13.7 Å². The van der Waals surface area contributed by atoms with Crippen molar-refractivity contribution in [3.8, 4) is 5.75 Å². The summed E-state index contributed by atoms with van der Waals surface area (Å²) in [6.07, 6.45) is 1.74. The number of aliphatic hydroxyl groups is 1. The quantitative estimate of drug-likeness (QED) is 0.791. The molecule has 0 aliphatic rings. The lowest BCUT2D eigenvalue weighted by atomic mass is 9.93. The van der Waals surface area contributed by atoms with Gasteiger partial charge in [0.1, 0.15) is 5.75 Å². The van der Waals surface area contributed by atoms with Gasteiger partial charge in [0.2, 0.25) is 5.91 Å². The summed E-state index contributed by atoms with van der Waals surface area (Å²) in [5, 5.41) is 12.4. The van der Waals surface area contributed by atoms with E-state index in [9.17, 15) is 9.90 Å². The summed E-state index contributed by atoms with van der Waals surface area (Å²) in [6, 6.07) is 7.41. The van der Waals surface area contributed by atoms with Gasteiger partial charge < -0.3 is 15.2 Å². The molecule has 0 aromatic heterocycles. The zero-order chi connectivity index (χ0) is 14.3. The minimum atomic E-state index is -0.496. The highest BCUT2D eigenvalue weighted by Crippen LogP contribution is 2.15. The first-order chi connectivity index (χ1) is 9.09. The van der Waals surface area contributed by atoms with Crippen molar-refractivity contribution in [1.82, 2.24) is 5.32 Å². The monoisotopic (exact) mass is 265 g/mol. The summed E-state index contributed by atoms with van der Waals surface area (Å²) in [6.45, 7) is 3.90. The van der Waals surface area contributed by atoms with E-state index in [1.54, 1.807) is 7.11 Å². The van der Waals surface area contributed by atoms with Gasteiger partial charge in [0, 0.05) is 0 Å². The Morgan fingerprint density at radius 2 is 1.84 bits per heavy atom. The molecule has 0 fully saturated rings. The number of benzene rings is 1. The van der Waals surface area contributed by atoms with Gasteiger partial charge in [-0.15, -0.1) is 0 Å². The van der Waals surface area contributed by atoms with Gasteiger partial charge in [-0.1, -0.05) is 26.0 Å². The number of nitrogens with one attached hydrogen (secondary N) is 1. The fraction of sp³-hybridized carbons (Fsp3) is 0.533. The SMILES string of the molecule is CCC(CC)(CO)NC(=O)Cc1ccc(OC)cc1. The zero-order valence-electron chi connectivity index (χ0n) is 11.9. The number of carbonyl (C=O) groups is 1. The van der Waals surface area contributed by atoms with Crippen LogP contribution in [0.1, 0.15) is 32.3 Å².